The zero-order valence-electron chi connectivity index (χ0n) is 12.2. The fourth-order valence-corrected chi connectivity index (χ4v) is 3.27. The van der Waals surface area contributed by atoms with Gasteiger partial charge in [-0.3, -0.25) is 4.98 Å². The van der Waals surface area contributed by atoms with Crippen LogP contribution < -0.4 is 5.32 Å². The molecule has 106 valence electrons. The van der Waals surface area contributed by atoms with Crippen molar-refractivity contribution in [1.82, 2.24) is 10.3 Å². The number of nitrogens with zero attached hydrogens (tertiary/aromatic N) is 1. The summed E-state index contributed by atoms with van der Waals surface area (Å²) in [6.45, 7) is 7.69. The Labute approximate surface area is 115 Å². The van der Waals surface area contributed by atoms with E-state index in [0.29, 0.717) is 5.92 Å². The van der Waals surface area contributed by atoms with Gasteiger partial charge in [-0.25, -0.2) is 4.39 Å². The van der Waals surface area contributed by atoms with Crippen LogP contribution >= 0.6 is 0 Å². The molecule has 0 bridgehead atoms. The highest BCUT2D eigenvalue weighted by molar-refractivity contribution is 5.16. The van der Waals surface area contributed by atoms with Gasteiger partial charge in [0.05, 0.1) is 6.20 Å². The van der Waals surface area contributed by atoms with Crippen molar-refractivity contribution in [3.8, 4) is 0 Å². The van der Waals surface area contributed by atoms with Gasteiger partial charge >= 0.3 is 0 Å². The van der Waals surface area contributed by atoms with Crippen LogP contribution in [0.15, 0.2) is 18.5 Å². The van der Waals surface area contributed by atoms with E-state index < -0.39 is 0 Å². The smallest absolute Gasteiger partial charge is 0.141 e. The van der Waals surface area contributed by atoms with Crippen molar-refractivity contribution in [2.75, 3.05) is 6.54 Å². The lowest BCUT2D eigenvalue weighted by molar-refractivity contribution is 0.171. The molecule has 0 amide bonds. The summed E-state index contributed by atoms with van der Waals surface area (Å²) < 4.78 is 13.4. The molecular weight excluding hydrogens is 239 g/mol. The molecule has 4 unspecified atom stereocenters. The third-order valence-corrected chi connectivity index (χ3v) is 4.62. The van der Waals surface area contributed by atoms with Crippen LogP contribution in [-0.2, 0) is 0 Å². The average Bonchev–Trinajstić information content (AvgIpc) is 2.39. The SMILES string of the molecule is CCNC(c1cncc(F)c1)C1CCC(C)C(C)C1. The average molecular weight is 264 g/mol. The molecule has 0 spiro atoms. The maximum atomic E-state index is 13.4. The maximum Gasteiger partial charge on any atom is 0.141 e. The van der Waals surface area contributed by atoms with Crippen LogP contribution in [0.5, 0.6) is 0 Å². The fraction of sp³-hybridized carbons (Fsp3) is 0.688. The van der Waals surface area contributed by atoms with Gasteiger partial charge in [-0.05, 0) is 48.8 Å². The molecular formula is C16H25FN2. The molecule has 1 saturated carbocycles. The Morgan fingerprint density at radius 3 is 2.74 bits per heavy atom. The van der Waals surface area contributed by atoms with Crippen LogP contribution in [0.25, 0.3) is 0 Å². The molecule has 1 heterocycles. The predicted molar refractivity (Wildman–Crippen MR) is 76.3 cm³/mol. The van der Waals surface area contributed by atoms with Crippen molar-refractivity contribution in [1.29, 1.82) is 0 Å². The standard InChI is InChI=1S/C16H25FN2/c1-4-19-16(14-8-15(17)10-18-9-14)13-6-5-11(2)12(3)7-13/h8-13,16,19H,4-7H2,1-3H3. The molecule has 1 aromatic heterocycles. The molecule has 3 heteroatoms. The lowest BCUT2D eigenvalue weighted by Crippen LogP contribution is -2.33. The molecule has 0 aromatic carbocycles. The Hall–Kier alpha value is -0.960. The fourth-order valence-electron chi connectivity index (χ4n) is 3.27. The van der Waals surface area contributed by atoms with Crippen LogP contribution in [0.1, 0.15) is 51.6 Å². The van der Waals surface area contributed by atoms with Gasteiger partial charge in [0.2, 0.25) is 0 Å². The van der Waals surface area contributed by atoms with E-state index >= 15 is 0 Å². The van der Waals surface area contributed by atoms with E-state index in [2.05, 4.69) is 31.1 Å². The van der Waals surface area contributed by atoms with Gasteiger partial charge in [0.25, 0.3) is 0 Å². The summed E-state index contributed by atoms with van der Waals surface area (Å²) in [7, 11) is 0. The quantitative estimate of drug-likeness (QED) is 0.891. The van der Waals surface area contributed by atoms with E-state index in [1.54, 1.807) is 12.3 Å². The van der Waals surface area contributed by atoms with E-state index in [1.165, 1.54) is 25.5 Å². The van der Waals surface area contributed by atoms with Crippen LogP contribution in [0.2, 0.25) is 0 Å². The van der Waals surface area contributed by atoms with Gasteiger partial charge in [0.15, 0.2) is 0 Å². The molecule has 0 saturated heterocycles. The molecule has 1 fully saturated rings. The van der Waals surface area contributed by atoms with Gasteiger partial charge in [-0.2, -0.15) is 0 Å². The molecule has 1 aromatic rings. The highest BCUT2D eigenvalue weighted by Gasteiger charge is 2.30. The number of hydrogen-bond donors (Lipinski definition) is 1. The van der Waals surface area contributed by atoms with Gasteiger partial charge in [0, 0.05) is 12.2 Å². The third kappa shape index (κ3) is 3.53. The molecule has 2 rings (SSSR count). The summed E-state index contributed by atoms with van der Waals surface area (Å²) in [5.41, 5.74) is 0.994. The summed E-state index contributed by atoms with van der Waals surface area (Å²) in [6.07, 6.45) is 6.79. The minimum absolute atomic E-state index is 0.238. The Bertz CT molecular complexity index is 407. The minimum atomic E-state index is -0.238. The van der Waals surface area contributed by atoms with Gasteiger partial charge in [0.1, 0.15) is 5.82 Å². The van der Waals surface area contributed by atoms with E-state index in [9.17, 15) is 4.39 Å². The number of hydrogen-bond acceptors (Lipinski definition) is 2. The molecule has 0 aliphatic heterocycles. The van der Waals surface area contributed by atoms with Crippen molar-refractivity contribution in [3.63, 3.8) is 0 Å². The molecule has 1 N–H and O–H groups in total. The normalized spacial score (nSPS) is 29.2. The maximum absolute atomic E-state index is 13.4. The third-order valence-electron chi connectivity index (χ3n) is 4.62. The number of nitrogens with one attached hydrogen (secondary N) is 1. The number of pyridine rings is 1. The lowest BCUT2D eigenvalue weighted by atomic mass is 9.72. The van der Waals surface area contributed by atoms with E-state index in [0.717, 1.165) is 23.9 Å². The number of halogens is 1. The Morgan fingerprint density at radius 1 is 1.32 bits per heavy atom. The van der Waals surface area contributed by atoms with E-state index in [-0.39, 0.29) is 11.9 Å². The van der Waals surface area contributed by atoms with Crippen LogP contribution in [-0.4, -0.2) is 11.5 Å². The minimum Gasteiger partial charge on any atom is -0.310 e. The number of aromatic nitrogens is 1. The first-order chi connectivity index (χ1) is 9.11. The molecule has 4 atom stereocenters. The van der Waals surface area contributed by atoms with Crippen molar-refractivity contribution in [2.45, 2.75) is 46.1 Å². The first-order valence-corrected chi connectivity index (χ1v) is 7.45. The van der Waals surface area contributed by atoms with Crippen LogP contribution in [0, 0.1) is 23.6 Å². The van der Waals surface area contributed by atoms with Crippen molar-refractivity contribution in [2.24, 2.45) is 17.8 Å². The van der Waals surface area contributed by atoms with E-state index in [1.807, 2.05) is 0 Å². The zero-order chi connectivity index (χ0) is 13.8. The van der Waals surface area contributed by atoms with Crippen molar-refractivity contribution in [3.05, 3.63) is 29.8 Å². The topological polar surface area (TPSA) is 24.9 Å². The predicted octanol–water partition coefficient (Wildman–Crippen LogP) is 3.94. The van der Waals surface area contributed by atoms with Gasteiger partial charge in [-0.15, -0.1) is 0 Å². The van der Waals surface area contributed by atoms with Gasteiger partial charge < -0.3 is 5.32 Å². The second-order valence-electron chi connectivity index (χ2n) is 6.00. The second kappa shape index (κ2) is 6.47. The summed E-state index contributed by atoms with van der Waals surface area (Å²) in [5, 5.41) is 3.52. The van der Waals surface area contributed by atoms with Crippen molar-refractivity contribution < 1.29 is 4.39 Å². The highest BCUT2D eigenvalue weighted by Crippen LogP contribution is 2.39. The lowest BCUT2D eigenvalue weighted by Gasteiger charge is -2.37. The molecule has 1 aliphatic rings. The monoisotopic (exact) mass is 264 g/mol. The Kier molecular flexibility index (Phi) is 4.92. The van der Waals surface area contributed by atoms with E-state index in [4.69, 9.17) is 0 Å². The van der Waals surface area contributed by atoms with Crippen LogP contribution in [0.3, 0.4) is 0 Å². The first kappa shape index (κ1) is 14.4. The molecule has 19 heavy (non-hydrogen) atoms. The number of rotatable bonds is 4. The van der Waals surface area contributed by atoms with Gasteiger partial charge in [-0.1, -0.05) is 27.2 Å². The second-order valence-corrected chi connectivity index (χ2v) is 6.00. The summed E-state index contributed by atoms with van der Waals surface area (Å²) in [4.78, 5) is 4.00. The largest absolute Gasteiger partial charge is 0.310 e. The molecule has 1 aliphatic carbocycles. The summed E-state index contributed by atoms with van der Waals surface area (Å²) >= 11 is 0. The Morgan fingerprint density at radius 2 is 2.11 bits per heavy atom. The summed E-state index contributed by atoms with van der Waals surface area (Å²) in [5.74, 6) is 1.91. The molecule has 2 nitrogen and oxygen atoms in total. The highest BCUT2D eigenvalue weighted by atomic mass is 19.1. The van der Waals surface area contributed by atoms with Crippen LogP contribution in [0.4, 0.5) is 4.39 Å². The molecule has 0 radical (unpaired) electrons. The zero-order valence-corrected chi connectivity index (χ0v) is 12.2. The Balaban J connectivity index is 2.16. The first-order valence-electron chi connectivity index (χ1n) is 7.45. The van der Waals surface area contributed by atoms with Crippen molar-refractivity contribution >= 4 is 0 Å². The summed E-state index contributed by atoms with van der Waals surface area (Å²) in [6, 6.07) is 1.87.